The van der Waals surface area contributed by atoms with Crippen molar-refractivity contribution >= 4 is 11.9 Å². The number of rotatable bonds is 9. The van der Waals surface area contributed by atoms with Crippen LogP contribution in [0.15, 0.2) is 55.0 Å². The number of nitrogens with zero attached hydrogens (tertiary/aromatic N) is 5. The summed E-state index contributed by atoms with van der Waals surface area (Å²) in [5.74, 6) is -1.19. The summed E-state index contributed by atoms with van der Waals surface area (Å²) in [4.78, 5) is 26.1. The summed E-state index contributed by atoms with van der Waals surface area (Å²) in [5.41, 5.74) is 2.46. The van der Waals surface area contributed by atoms with E-state index in [1.807, 2.05) is 48.0 Å². The number of carboxylic acids is 1. The first kappa shape index (κ1) is 20.3. The lowest BCUT2D eigenvalue weighted by atomic mass is 10.1. The van der Waals surface area contributed by atoms with Gasteiger partial charge in [0.15, 0.2) is 0 Å². The van der Waals surface area contributed by atoms with Crippen molar-refractivity contribution in [2.45, 2.75) is 39.4 Å². The van der Waals surface area contributed by atoms with Crippen molar-refractivity contribution in [1.29, 1.82) is 0 Å². The highest BCUT2D eigenvalue weighted by atomic mass is 16.4. The van der Waals surface area contributed by atoms with Gasteiger partial charge in [0.1, 0.15) is 6.04 Å². The van der Waals surface area contributed by atoms with Crippen LogP contribution in [0.4, 0.5) is 0 Å². The highest BCUT2D eigenvalue weighted by Crippen LogP contribution is 2.14. The Bertz CT molecular complexity index is 964. The van der Waals surface area contributed by atoms with E-state index >= 15 is 0 Å². The largest absolute Gasteiger partial charge is 0.480 e. The Morgan fingerprint density at radius 2 is 1.93 bits per heavy atom. The maximum Gasteiger partial charge on any atom is 0.328 e. The van der Waals surface area contributed by atoms with E-state index < -0.39 is 12.0 Å². The Morgan fingerprint density at radius 1 is 1.17 bits per heavy atom. The molecule has 1 aromatic carbocycles. The van der Waals surface area contributed by atoms with E-state index in [0.717, 1.165) is 17.8 Å². The third-order valence-electron chi connectivity index (χ3n) is 4.86. The average molecular weight is 395 g/mol. The molecule has 152 valence electrons. The minimum absolute atomic E-state index is 0.186. The molecule has 1 N–H and O–H groups in total. The molecule has 0 radical (unpaired) electrons. The first-order valence-electron chi connectivity index (χ1n) is 9.60. The molecule has 2 aromatic heterocycles. The molecule has 0 spiro atoms. The molecule has 3 rings (SSSR count). The number of amides is 1. The first-order valence-corrected chi connectivity index (χ1v) is 9.60. The number of hydrogen-bond acceptors (Lipinski definition) is 4. The highest BCUT2D eigenvalue weighted by Gasteiger charge is 2.21. The number of carboxylic acid groups (broad SMARTS) is 1. The van der Waals surface area contributed by atoms with Gasteiger partial charge in [-0.05, 0) is 31.9 Å². The van der Waals surface area contributed by atoms with E-state index in [2.05, 4.69) is 10.2 Å². The topological polar surface area (TPSA) is 93.3 Å². The molecule has 0 aliphatic carbocycles. The first-order chi connectivity index (χ1) is 14.0. The van der Waals surface area contributed by atoms with Crippen LogP contribution >= 0.6 is 0 Å². The van der Waals surface area contributed by atoms with E-state index in [1.165, 1.54) is 24.0 Å². The SMILES string of the molecule is CCn1nccc1CN(CCc1ccccc1)C(=O)c1cnn(C(C)C(=O)O)c1. The lowest BCUT2D eigenvalue weighted by Crippen LogP contribution is -2.33. The van der Waals surface area contributed by atoms with Gasteiger partial charge in [-0.25, -0.2) is 4.79 Å². The maximum absolute atomic E-state index is 13.2. The Labute approximate surface area is 169 Å². The standard InChI is InChI=1S/C21H25N5O3/c1-3-25-19(9-11-22-25)15-24(12-10-17-7-5-4-6-8-17)20(27)18-13-23-26(14-18)16(2)21(28)29/h4-9,11,13-14,16H,3,10,12,15H2,1-2H3,(H,28,29). The normalized spacial score (nSPS) is 11.9. The van der Waals surface area contributed by atoms with Crippen LogP contribution in [0.5, 0.6) is 0 Å². The molecule has 0 saturated heterocycles. The molecule has 1 amide bonds. The fourth-order valence-corrected chi connectivity index (χ4v) is 3.09. The number of aryl methyl sites for hydroxylation is 1. The maximum atomic E-state index is 13.2. The van der Waals surface area contributed by atoms with Gasteiger partial charge in [0, 0.05) is 25.5 Å². The second kappa shape index (κ2) is 9.18. The van der Waals surface area contributed by atoms with Crippen LogP contribution in [0.3, 0.4) is 0 Å². The van der Waals surface area contributed by atoms with E-state index in [0.29, 0.717) is 25.1 Å². The van der Waals surface area contributed by atoms with Gasteiger partial charge in [0.2, 0.25) is 0 Å². The zero-order valence-electron chi connectivity index (χ0n) is 16.6. The second-order valence-electron chi connectivity index (χ2n) is 6.82. The Kier molecular flexibility index (Phi) is 6.43. The Morgan fingerprint density at radius 3 is 2.62 bits per heavy atom. The summed E-state index contributed by atoms with van der Waals surface area (Å²) in [6, 6.07) is 11.1. The zero-order valence-corrected chi connectivity index (χ0v) is 16.6. The molecule has 0 aliphatic heterocycles. The van der Waals surface area contributed by atoms with Crippen LogP contribution in [-0.4, -0.2) is 48.0 Å². The fourth-order valence-electron chi connectivity index (χ4n) is 3.09. The van der Waals surface area contributed by atoms with Crippen LogP contribution in [0.25, 0.3) is 0 Å². The summed E-state index contributed by atoms with van der Waals surface area (Å²) >= 11 is 0. The van der Waals surface area contributed by atoms with Crippen LogP contribution in [0, 0.1) is 0 Å². The molecule has 0 bridgehead atoms. The van der Waals surface area contributed by atoms with Gasteiger partial charge in [-0.1, -0.05) is 30.3 Å². The number of carbonyl (C=O) groups is 2. The molecule has 1 unspecified atom stereocenters. The molecule has 0 aliphatic rings. The van der Waals surface area contributed by atoms with Gasteiger partial charge in [0.05, 0.1) is 24.0 Å². The number of aliphatic carboxylic acids is 1. The molecule has 1 atom stereocenters. The third kappa shape index (κ3) is 4.90. The van der Waals surface area contributed by atoms with Crippen molar-refractivity contribution in [1.82, 2.24) is 24.5 Å². The van der Waals surface area contributed by atoms with Gasteiger partial charge in [-0.15, -0.1) is 0 Å². The quantitative estimate of drug-likeness (QED) is 0.601. The predicted octanol–water partition coefficient (Wildman–Crippen LogP) is 2.63. The summed E-state index contributed by atoms with van der Waals surface area (Å²) in [6.45, 7) is 5.19. The number of carbonyl (C=O) groups excluding carboxylic acids is 1. The minimum atomic E-state index is -1.00. The lowest BCUT2D eigenvalue weighted by Gasteiger charge is -2.22. The van der Waals surface area contributed by atoms with Crippen molar-refractivity contribution in [3.05, 3.63) is 71.8 Å². The van der Waals surface area contributed by atoms with Gasteiger partial charge >= 0.3 is 5.97 Å². The monoisotopic (exact) mass is 395 g/mol. The lowest BCUT2D eigenvalue weighted by molar-refractivity contribution is -0.140. The molecule has 2 heterocycles. The molecular formula is C21H25N5O3. The van der Waals surface area contributed by atoms with Crippen LogP contribution in [0.1, 0.15) is 41.5 Å². The van der Waals surface area contributed by atoms with Crippen LogP contribution in [-0.2, 0) is 24.3 Å². The summed E-state index contributed by atoms with van der Waals surface area (Å²) in [6.07, 6.45) is 5.36. The Hall–Kier alpha value is -3.42. The van der Waals surface area contributed by atoms with Crippen LogP contribution < -0.4 is 0 Å². The van der Waals surface area contributed by atoms with Crippen molar-refractivity contribution in [2.75, 3.05) is 6.54 Å². The molecule has 0 saturated carbocycles. The molecular weight excluding hydrogens is 370 g/mol. The number of aromatic nitrogens is 4. The second-order valence-corrected chi connectivity index (χ2v) is 6.82. The van der Waals surface area contributed by atoms with Crippen molar-refractivity contribution in [3.8, 4) is 0 Å². The Balaban J connectivity index is 1.81. The summed E-state index contributed by atoms with van der Waals surface area (Å²) < 4.78 is 3.15. The fraction of sp³-hybridized carbons (Fsp3) is 0.333. The summed E-state index contributed by atoms with van der Waals surface area (Å²) in [5, 5.41) is 17.5. The van der Waals surface area contributed by atoms with E-state index in [-0.39, 0.29) is 5.91 Å². The smallest absolute Gasteiger partial charge is 0.328 e. The number of benzene rings is 1. The van der Waals surface area contributed by atoms with Gasteiger partial charge in [-0.3, -0.25) is 14.2 Å². The molecule has 8 nitrogen and oxygen atoms in total. The van der Waals surface area contributed by atoms with Gasteiger partial charge in [0.25, 0.3) is 5.91 Å². The van der Waals surface area contributed by atoms with Crippen molar-refractivity contribution < 1.29 is 14.7 Å². The molecule has 29 heavy (non-hydrogen) atoms. The highest BCUT2D eigenvalue weighted by molar-refractivity contribution is 5.93. The van der Waals surface area contributed by atoms with Crippen molar-refractivity contribution in [2.24, 2.45) is 0 Å². The van der Waals surface area contributed by atoms with E-state index in [9.17, 15) is 9.59 Å². The van der Waals surface area contributed by atoms with Crippen LogP contribution in [0.2, 0.25) is 0 Å². The average Bonchev–Trinajstić information content (AvgIpc) is 3.40. The van der Waals surface area contributed by atoms with E-state index in [4.69, 9.17) is 5.11 Å². The summed E-state index contributed by atoms with van der Waals surface area (Å²) in [7, 11) is 0. The zero-order chi connectivity index (χ0) is 20.8. The van der Waals surface area contributed by atoms with Crippen molar-refractivity contribution in [3.63, 3.8) is 0 Å². The predicted molar refractivity (Wildman–Crippen MR) is 107 cm³/mol. The van der Waals surface area contributed by atoms with Gasteiger partial charge < -0.3 is 10.0 Å². The van der Waals surface area contributed by atoms with Gasteiger partial charge in [-0.2, -0.15) is 10.2 Å². The van der Waals surface area contributed by atoms with E-state index in [1.54, 1.807) is 11.1 Å². The molecule has 3 aromatic rings. The number of hydrogen-bond donors (Lipinski definition) is 1. The molecule has 0 fully saturated rings. The third-order valence-corrected chi connectivity index (χ3v) is 4.86. The molecule has 8 heteroatoms. The minimum Gasteiger partial charge on any atom is -0.480 e.